The first kappa shape index (κ1) is 46.1. The zero-order valence-corrected chi connectivity index (χ0v) is 8.40. The van der Waals surface area contributed by atoms with Crippen molar-refractivity contribution in [2.45, 2.75) is 13.8 Å². The molecule has 0 rings (SSSR count). The van der Waals surface area contributed by atoms with Crippen molar-refractivity contribution in [2.24, 2.45) is 0 Å². The van der Waals surface area contributed by atoms with Crippen LogP contribution in [0, 0.1) is 13.8 Å². The quantitative estimate of drug-likeness (QED) is 0.492. The molecule has 0 heterocycles. The fraction of sp³-hybridized carbons (Fsp3) is 0.500. The first-order valence-electron chi connectivity index (χ1n) is 1.41. The molecule has 0 aliphatic carbocycles. The molecule has 3 heteroatoms. The van der Waals surface area contributed by atoms with Crippen molar-refractivity contribution in [2.75, 3.05) is 0 Å². The topological polar surface area (TPSA) is 60.0 Å². The summed E-state index contributed by atoms with van der Waals surface area (Å²) >= 11 is 0. The van der Waals surface area contributed by atoms with E-state index in [4.69, 9.17) is 0 Å². The molecule has 0 saturated heterocycles. The second-order valence-corrected chi connectivity index (χ2v) is 0. The van der Waals surface area contributed by atoms with Crippen molar-refractivity contribution in [1.82, 2.24) is 0 Å². The van der Waals surface area contributed by atoms with E-state index in [0.29, 0.717) is 0 Å². The predicted octanol–water partition coefficient (Wildman–Crippen LogP) is 1.32. The summed E-state index contributed by atoms with van der Waals surface area (Å²) in [6.07, 6.45) is 0. The van der Waals surface area contributed by atoms with Crippen LogP contribution in [0.4, 0.5) is 0 Å². The molecule has 0 aromatic carbocycles. The van der Waals surface area contributed by atoms with E-state index in [1.54, 1.807) is 13.8 Å². The normalized spacial score (nSPS) is 1.71. The van der Waals surface area contributed by atoms with Gasteiger partial charge in [0, 0.05) is 0 Å². The van der Waals surface area contributed by atoms with E-state index in [0.717, 1.165) is 0 Å². The summed E-state index contributed by atoms with van der Waals surface area (Å²) in [7, 11) is 0. The fourth-order valence-electron chi connectivity index (χ4n) is 0. The molecule has 0 bridgehead atoms. The molecule has 0 radical (unpaired) electrons. The summed E-state index contributed by atoms with van der Waals surface area (Å²) in [6.45, 7) is 10.0. The van der Waals surface area contributed by atoms with Gasteiger partial charge >= 0.3 is 25.8 Å². The van der Waals surface area contributed by atoms with E-state index in [1.165, 1.54) is 0 Å². The molecule has 0 unspecified atom stereocenters. The maximum atomic E-state index is 3.25. The third-order valence-corrected chi connectivity index (χ3v) is 0. The van der Waals surface area contributed by atoms with Gasteiger partial charge in [-0.1, -0.05) is 0 Å². The van der Waals surface area contributed by atoms with Crippen LogP contribution in [0.25, 0.3) is 0 Å². The molecule has 0 aromatic heterocycles. The molecule has 2 nitrogen and oxygen atoms in total. The first-order valence-corrected chi connectivity index (χ1v) is 1.41. The third-order valence-electron chi connectivity index (χ3n) is 0. The van der Waals surface area contributed by atoms with Gasteiger partial charge in [-0.3, -0.25) is 0 Å². The predicted molar refractivity (Wildman–Crippen MR) is 25.9 cm³/mol. The summed E-state index contributed by atoms with van der Waals surface area (Å²) < 4.78 is 0. The zero-order chi connectivity index (χ0) is 4.00. The Morgan fingerprint density at radius 2 is 0.714 bits per heavy atom. The van der Waals surface area contributed by atoms with Crippen molar-refractivity contribution in [3.05, 3.63) is 13.8 Å². The van der Waals surface area contributed by atoms with E-state index in [2.05, 4.69) is 13.8 Å². The van der Waals surface area contributed by atoms with Gasteiger partial charge in [-0.25, -0.2) is 0 Å². The van der Waals surface area contributed by atoms with Crippen molar-refractivity contribution >= 4 is 0 Å². The van der Waals surface area contributed by atoms with Crippen LogP contribution in [0.15, 0.2) is 0 Å². The molecular formula is C4H12HfO2. The van der Waals surface area contributed by atoms with E-state index in [1.807, 2.05) is 0 Å². The van der Waals surface area contributed by atoms with Crippen molar-refractivity contribution in [1.29, 1.82) is 0 Å². The number of hydrogen-bond donors (Lipinski definition) is 0. The third kappa shape index (κ3) is 250. The Morgan fingerprint density at radius 3 is 0.714 bits per heavy atom. The monoisotopic (exact) mass is 272 g/mol. The smallest absolute Gasteiger partial charge is 0.870 e. The molecular weight excluding hydrogens is 259 g/mol. The summed E-state index contributed by atoms with van der Waals surface area (Å²) in [6, 6.07) is 0. The molecule has 44 valence electrons. The van der Waals surface area contributed by atoms with Crippen LogP contribution in [0.5, 0.6) is 0 Å². The second-order valence-electron chi connectivity index (χ2n) is 0. The van der Waals surface area contributed by atoms with Crippen LogP contribution in [0.3, 0.4) is 0 Å². The average molecular weight is 271 g/mol. The molecule has 0 aliphatic heterocycles. The molecule has 0 saturated carbocycles. The van der Waals surface area contributed by atoms with Crippen LogP contribution in [0.2, 0.25) is 0 Å². The minimum atomic E-state index is 0. The minimum absolute atomic E-state index is 0. The van der Waals surface area contributed by atoms with E-state index in [9.17, 15) is 0 Å². The van der Waals surface area contributed by atoms with Gasteiger partial charge in [0.2, 0.25) is 0 Å². The number of hydrogen-bond acceptors (Lipinski definition) is 2. The van der Waals surface area contributed by atoms with E-state index >= 15 is 0 Å². The van der Waals surface area contributed by atoms with Gasteiger partial charge in [-0.15, -0.1) is 0 Å². The summed E-state index contributed by atoms with van der Waals surface area (Å²) in [5.74, 6) is 0. The van der Waals surface area contributed by atoms with Gasteiger partial charge in [0.1, 0.15) is 0 Å². The number of rotatable bonds is 0. The van der Waals surface area contributed by atoms with E-state index < -0.39 is 0 Å². The summed E-state index contributed by atoms with van der Waals surface area (Å²) in [5, 5.41) is 0. The van der Waals surface area contributed by atoms with E-state index in [-0.39, 0.29) is 36.8 Å². The SMILES string of the molecule is [CH2-]C.[CH2-]C.[Hf+4].[OH-].[OH-]. The zero-order valence-electron chi connectivity index (χ0n) is 4.81. The van der Waals surface area contributed by atoms with Crippen LogP contribution >= 0.6 is 0 Å². The largest absolute Gasteiger partial charge is 4.00 e. The molecule has 0 fully saturated rings. The van der Waals surface area contributed by atoms with Crippen LogP contribution in [0.1, 0.15) is 13.8 Å². The fourth-order valence-corrected chi connectivity index (χ4v) is 0. The molecule has 7 heavy (non-hydrogen) atoms. The molecule has 0 aliphatic rings. The molecule has 0 amide bonds. The second kappa shape index (κ2) is 365. The Bertz CT molecular complexity index is 9.65. The standard InChI is InChI=1S/2C2H5.Hf.2H2O/c2*1-2;;;/h2*1H2,2H3;;2*1H2/q2*-1;+4;;/p-2. The minimum Gasteiger partial charge on any atom is -0.870 e. The van der Waals surface area contributed by atoms with Crippen LogP contribution < -0.4 is 0 Å². The van der Waals surface area contributed by atoms with Crippen molar-refractivity contribution < 1.29 is 36.8 Å². The van der Waals surface area contributed by atoms with Gasteiger partial charge in [-0.05, 0) is 0 Å². The van der Waals surface area contributed by atoms with Gasteiger partial charge < -0.3 is 24.8 Å². The van der Waals surface area contributed by atoms with Crippen molar-refractivity contribution in [3.63, 3.8) is 0 Å². The Morgan fingerprint density at radius 1 is 0.714 bits per heavy atom. The Labute approximate surface area is 64.7 Å². The van der Waals surface area contributed by atoms with Crippen LogP contribution in [-0.4, -0.2) is 11.0 Å². The molecule has 0 atom stereocenters. The van der Waals surface area contributed by atoms with Gasteiger partial charge in [0.05, 0.1) is 0 Å². The van der Waals surface area contributed by atoms with Gasteiger partial charge in [-0.2, -0.15) is 13.8 Å². The maximum Gasteiger partial charge on any atom is 4.00 e. The van der Waals surface area contributed by atoms with Crippen LogP contribution in [-0.2, 0) is 25.8 Å². The molecule has 0 spiro atoms. The summed E-state index contributed by atoms with van der Waals surface area (Å²) in [5.41, 5.74) is 0. The Kier molecular flexibility index (Phi) is 2400. The molecule has 2 N–H and O–H groups in total. The average Bonchev–Trinajstić information content (AvgIpc) is 1.50. The Balaban J connectivity index is -0.00000000267. The summed E-state index contributed by atoms with van der Waals surface area (Å²) in [4.78, 5) is 0. The van der Waals surface area contributed by atoms with Crippen molar-refractivity contribution in [3.8, 4) is 0 Å². The Hall–Kier alpha value is 0.790. The van der Waals surface area contributed by atoms with Gasteiger partial charge in [0.25, 0.3) is 0 Å². The maximum absolute atomic E-state index is 3.25. The molecule has 0 aromatic rings. The van der Waals surface area contributed by atoms with Gasteiger partial charge in [0.15, 0.2) is 0 Å². The first-order chi connectivity index (χ1) is 2.00.